The van der Waals surface area contributed by atoms with Crippen molar-refractivity contribution in [2.24, 2.45) is 5.92 Å². The van der Waals surface area contributed by atoms with Gasteiger partial charge in [0.25, 0.3) is 0 Å². The Kier molecular flexibility index (Phi) is 5.19. The van der Waals surface area contributed by atoms with Gasteiger partial charge >= 0.3 is 0 Å². The van der Waals surface area contributed by atoms with Crippen molar-refractivity contribution in [3.8, 4) is 0 Å². The molecule has 2 fully saturated rings. The van der Waals surface area contributed by atoms with E-state index in [1.807, 2.05) is 6.07 Å². The molecule has 2 aliphatic heterocycles. The van der Waals surface area contributed by atoms with Crippen molar-refractivity contribution in [3.05, 3.63) is 28.2 Å². The van der Waals surface area contributed by atoms with Crippen molar-refractivity contribution in [2.75, 3.05) is 38.5 Å². The van der Waals surface area contributed by atoms with Gasteiger partial charge in [-0.2, -0.15) is 0 Å². The Morgan fingerprint density at radius 1 is 1.05 bits per heavy atom. The van der Waals surface area contributed by atoms with Gasteiger partial charge in [0.1, 0.15) is 0 Å². The van der Waals surface area contributed by atoms with Crippen LogP contribution in [-0.2, 0) is 6.54 Å². The summed E-state index contributed by atoms with van der Waals surface area (Å²) in [5, 5.41) is 0. The summed E-state index contributed by atoms with van der Waals surface area (Å²) in [6.45, 7) is 7.45. The molecule has 2 N–H and O–H groups in total. The van der Waals surface area contributed by atoms with Crippen LogP contribution in [0.25, 0.3) is 0 Å². The van der Waals surface area contributed by atoms with Crippen molar-refractivity contribution < 1.29 is 0 Å². The second-order valence-corrected chi connectivity index (χ2v) is 7.34. The third-order valence-corrected chi connectivity index (χ3v) is 5.89. The van der Waals surface area contributed by atoms with Gasteiger partial charge in [-0.05, 0) is 85.3 Å². The van der Waals surface area contributed by atoms with E-state index in [0.717, 1.165) is 22.6 Å². The van der Waals surface area contributed by atoms with Gasteiger partial charge in [0.2, 0.25) is 0 Å². The lowest BCUT2D eigenvalue weighted by Crippen LogP contribution is -2.37. The molecule has 116 valence electrons. The quantitative estimate of drug-likeness (QED) is 0.844. The van der Waals surface area contributed by atoms with E-state index in [9.17, 15) is 0 Å². The highest BCUT2D eigenvalue weighted by molar-refractivity contribution is 9.10. The number of piperidine rings is 1. The molecule has 1 aromatic carbocycles. The third-order valence-electron chi connectivity index (χ3n) is 4.92. The van der Waals surface area contributed by atoms with Crippen LogP contribution in [0.15, 0.2) is 22.7 Å². The van der Waals surface area contributed by atoms with Crippen LogP contribution < -0.4 is 5.73 Å². The zero-order valence-electron chi connectivity index (χ0n) is 12.7. The highest BCUT2D eigenvalue weighted by Crippen LogP contribution is 2.27. The molecule has 0 saturated carbocycles. The van der Waals surface area contributed by atoms with Crippen LogP contribution in [0.2, 0.25) is 0 Å². The molecule has 0 aromatic heterocycles. The molecule has 0 radical (unpaired) electrons. The largest absolute Gasteiger partial charge is 0.398 e. The van der Waals surface area contributed by atoms with Crippen LogP contribution in [0.3, 0.4) is 0 Å². The van der Waals surface area contributed by atoms with Crippen LogP contribution in [0.4, 0.5) is 5.69 Å². The van der Waals surface area contributed by atoms with E-state index in [0.29, 0.717) is 0 Å². The first-order chi connectivity index (χ1) is 10.2. The van der Waals surface area contributed by atoms with E-state index in [1.54, 1.807) is 0 Å². The van der Waals surface area contributed by atoms with E-state index < -0.39 is 0 Å². The van der Waals surface area contributed by atoms with Gasteiger partial charge in [-0.1, -0.05) is 12.1 Å². The molecule has 0 amide bonds. The molecule has 21 heavy (non-hydrogen) atoms. The molecule has 0 unspecified atom stereocenters. The van der Waals surface area contributed by atoms with Gasteiger partial charge in [0.15, 0.2) is 0 Å². The normalized spacial score (nSPS) is 22.0. The molecule has 2 aliphatic rings. The first kappa shape index (κ1) is 15.3. The molecule has 1 aromatic rings. The first-order valence-corrected chi connectivity index (χ1v) is 8.99. The van der Waals surface area contributed by atoms with E-state index >= 15 is 0 Å². The molecular weight excluding hydrogens is 326 g/mol. The van der Waals surface area contributed by atoms with E-state index in [2.05, 4.69) is 37.9 Å². The minimum absolute atomic E-state index is 0.844. The molecule has 2 heterocycles. The van der Waals surface area contributed by atoms with Gasteiger partial charge in [0.05, 0.1) is 0 Å². The first-order valence-electron chi connectivity index (χ1n) is 8.20. The summed E-state index contributed by atoms with van der Waals surface area (Å²) >= 11 is 3.62. The summed E-state index contributed by atoms with van der Waals surface area (Å²) in [5.41, 5.74) is 8.13. The topological polar surface area (TPSA) is 32.5 Å². The molecule has 0 aliphatic carbocycles. The molecule has 3 nitrogen and oxygen atoms in total. The SMILES string of the molecule is Nc1cccc(CN2CCC(CN3CCCC3)CC2)c1Br. The summed E-state index contributed by atoms with van der Waals surface area (Å²) in [5.74, 6) is 0.906. The van der Waals surface area contributed by atoms with Crippen molar-refractivity contribution in [2.45, 2.75) is 32.2 Å². The maximum absolute atomic E-state index is 5.97. The lowest BCUT2D eigenvalue weighted by atomic mass is 9.96. The van der Waals surface area contributed by atoms with Crippen molar-refractivity contribution in [1.82, 2.24) is 9.80 Å². The Balaban J connectivity index is 1.48. The number of benzene rings is 1. The number of nitrogens with zero attached hydrogens (tertiary/aromatic N) is 2. The second kappa shape index (κ2) is 7.12. The number of nitrogens with two attached hydrogens (primary N) is 1. The van der Waals surface area contributed by atoms with Crippen LogP contribution >= 0.6 is 15.9 Å². The maximum Gasteiger partial charge on any atom is 0.0461 e. The highest BCUT2D eigenvalue weighted by atomic mass is 79.9. The highest BCUT2D eigenvalue weighted by Gasteiger charge is 2.23. The van der Waals surface area contributed by atoms with Gasteiger partial charge in [-0.25, -0.2) is 0 Å². The number of hydrogen-bond acceptors (Lipinski definition) is 3. The minimum Gasteiger partial charge on any atom is -0.398 e. The average molecular weight is 352 g/mol. The molecule has 3 rings (SSSR count). The summed E-state index contributed by atoms with van der Waals surface area (Å²) in [4.78, 5) is 5.23. The van der Waals surface area contributed by atoms with E-state index in [4.69, 9.17) is 5.73 Å². The van der Waals surface area contributed by atoms with Crippen LogP contribution in [0, 0.1) is 5.92 Å². The molecule has 0 spiro atoms. The van der Waals surface area contributed by atoms with Crippen LogP contribution in [-0.4, -0.2) is 42.5 Å². The van der Waals surface area contributed by atoms with Gasteiger partial charge < -0.3 is 10.6 Å². The fourth-order valence-electron chi connectivity index (χ4n) is 3.62. The smallest absolute Gasteiger partial charge is 0.0461 e. The Hall–Kier alpha value is -0.580. The number of rotatable bonds is 4. The molecule has 2 saturated heterocycles. The lowest BCUT2D eigenvalue weighted by molar-refractivity contribution is 0.148. The molecule has 4 heteroatoms. The zero-order valence-corrected chi connectivity index (χ0v) is 14.3. The fourth-order valence-corrected chi connectivity index (χ4v) is 4.01. The standard InChI is InChI=1S/C17H26BrN3/c18-17-15(4-3-5-16(17)19)13-21-10-6-14(7-11-21)12-20-8-1-2-9-20/h3-5,14H,1-2,6-13,19H2. The number of halogens is 1. The van der Waals surface area contributed by atoms with Crippen molar-refractivity contribution >= 4 is 21.6 Å². The van der Waals surface area contributed by atoms with Crippen molar-refractivity contribution in [1.29, 1.82) is 0 Å². The molecular formula is C17H26BrN3. The minimum atomic E-state index is 0.844. The average Bonchev–Trinajstić information content (AvgIpc) is 2.99. The Bertz CT molecular complexity index is 463. The maximum atomic E-state index is 5.97. The number of likely N-dealkylation sites (tertiary alicyclic amines) is 2. The van der Waals surface area contributed by atoms with E-state index in [1.165, 1.54) is 64.0 Å². The fraction of sp³-hybridized carbons (Fsp3) is 0.647. The van der Waals surface area contributed by atoms with E-state index in [-0.39, 0.29) is 0 Å². The monoisotopic (exact) mass is 351 g/mol. The number of hydrogen-bond donors (Lipinski definition) is 1. The zero-order chi connectivity index (χ0) is 14.7. The van der Waals surface area contributed by atoms with Gasteiger partial charge in [-0.3, -0.25) is 4.90 Å². The Labute approximate surface area is 136 Å². The summed E-state index contributed by atoms with van der Waals surface area (Å²) in [6.07, 6.45) is 5.50. The number of nitrogen functional groups attached to an aromatic ring is 1. The summed E-state index contributed by atoms with van der Waals surface area (Å²) in [7, 11) is 0. The summed E-state index contributed by atoms with van der Waals surface area (Å²) in [6, 6.07) is 6.18. The number of anilines is 1. The molecule has 0 bridgehead atoms. The predicted molar refractivity (Wildman–Crippen MR) is 92.2 cm³/mol. The summed E-state index contributed by atoms with van der Waals surface area (Å²) < 4.78 is 1.07. The third kappa shape index (κ3) is 3.99. The van der Waals surface area contributed by atoms with Gasteiger partial charge in [0, 0.05) is 23.2 Å². The van der Waals surface area contributed by atoms with Crippen LogP contribution in [0.1, 0.15) is 31.2 Å². The second-order valence-electron chi connectivity index (χ2n) is 6.55. The molecule has 0 atom stereocenters. The Morgan fingerprint density at radius 3 is 2.48 bits per heavy atom. The van der Waals surface area contributed by atoms with Gasteiger partial charge in [-0.15, -0.1) is 0 Å². The van der Waals surface area contributed by atoms with Crippen molar-refractivity contribution in [3.63, 3.8) is 0 Å². The Morgan fingerprint density at radius 2 is 1.76 bits per heavy atom. The van der Waals surface area contributed by atoms with Crippen LogP contribution in [0.5, 0.6) is 0 Å². The predicted octanol–water partition coefficient (Wildman–Crippen LogP) is 3.34. The lowest BCUT2D eigenvalue weighted by Gasteiger charge is -2.34.